The number of amides is 2. The molecule has 7 nitrogen and oxygen atoms in total. The lowest BCUT2D eigenvalue weighted by molar-refractivity contribution is -0.114. The van der Waals surface area contributed by atoms with E-state index in [0.29, 0.717) is 16.6 Å². The van der Waals surface area contributed by atoms with E-state index in [0.717, 1.165) is 28.9 Å². The first-order chi connectivity index (χ1) is 13.1. The van der Waals surface area contributed by atoms with E-state index in [1.54, 1.807) is 0 Å². The number of nitrogens with one attached hydrogen (secondary N) is 2. The molecule has 1 aromatic carbocycles. The maximum absolute atomic E-state index is 12.6. The predicted octanol–water partition coefficient (Wildman–Crippen LogP) is 2.47. The van der Waals surface area contributed by atoms with Crippen LogP contribution < -0.4 is 10.6 Å². The summed E-state index contributed by atoms with van der Waals surface area (Å²) in [5.74, 6) is 0.444. The largest absolute Gasteiger partial charge is 0.348 e. The lowest BCUT2D eigenvalue weighted by atomic mass is 9.84. The summed E-state index contributed by atoms with van der Waals surface area (Å²) in [5, 5.41) is 14.3. The van der Waals surface area contributed by atoms with Gasteiger partial charge in [-0.15, -0.1) is 10.2 Å². The van der Waals surface area contributed by atoms with Gasteiger partial charge in [-0.25, -0.2) is 0 Å². The van der Waals surface area contributed by atoms with Crippen molar-refractivity contribution in [3.63, 3.8) is 0 Å². The number of rotatable bonds is 5. The fraction of sp³-hybridized carbons (Fsp3) is 0.444. The van der Waals surface area contributed by atoms with Gasteiger partial charge in [0, 0.05) is 30.0 Å². The maximum atomic E-state index is 12.6. The number of nitrogens with zero attached hydrogens (tertiary/aromatic N) is 3. The third-order valence-corrected chi connectivity index (χ3v) is 6.88. The Morgan fingerprint density at radius 2 is 1.93 bits per heavy atom. The normalized spacial score (nSPS) is 23.8. The van der Waals surface area contributed by atoms with Gasteiger partial charge in [-0.3, -0.25) is 9.59 Å². The Hall–Kier alpha value is -1.97. The van der Waals surface area contributed by atoms with Crippen LogP contribution in [0.2, 0.25) is 0 Å². The van der Waals surface area contributed by atoms with Crippen LogP contribution in [-0.2, 0) is 4.79 Å². The SMILES string of the molecule is CC(=O)Nc1nnc(Sc2ccc(C(=O)N[C@H]3CN4CCC3CC4)cc2)s1. The summed E-state index contributed by atoms with van der Waals surface area (Å²) in [6.07, 6.45) is 2.37. The number of piperidine rings is 3. The second kappa shape index (κ2) is 7.95. The molecule has 0 unspecified atom stereocenters. The van der Waals surface area contributed by atoms with Gasteiger partial charge in [-0.2, -0.15) is 0 Å². The quantitative estimate of drug-likeness (QED) is 0.746. The van der Waals surface area contributed by atoms with Gasteiger partial charge >= 0.3 is 0 Å². The van der Waals surface area contributed by atoms with Gasteiger partial charge in [-0.1, -0.05) is 23.1 Å². The van der Waals surface area contributed by atoms with E-state index in [1.165, 1.54) is 42.9 Å². The molecule has 0 spiro atoms. The minimum Gasteiger partial charge on any atom is -0.348 e. The van der Waals surface area contributed by atoms with E-state index in [9.17, 15) is 9.59 Å². The van der Waals surface area contributed by atoms with Crippen LogP contribution >= 0.6 is 23.1 Å². The van der Waals surface area contributed by atoms with Crippen LogP contribution in [-0.4, -0.2) is 52.6 Å². The lowest BCUT2D eigenvalue weighted by Crippen LogP contribution is -2.57. The predicted molar refractivity (Wildman–Crippen MR) is 105 cm³/mol. The molecule has 3 fully saturated rings. The summed E-state index contributed by atoms with van der Waals surface area (Å²) in [6.45, 7) is 4.74. The van der Waals surface area contributed by atoms with Gasteiger partial charge in [0.15, 0.2) is 4.34 Å². The molecule has 2 bridgehead atoms. The Kier molecular flexibility index (Phi) is 5.42. The minimum absolute atomic E-state index is 0.00541. The van der Waals surface area contributed by atoms with Crippen molar-refractivity contribution in [2.75, 3.05) is 25.0 Å². The molecule has 3 aliphatic heterocycles. The highest BCUT2D eigenvalue weighted by Crippen LogP contribution is 2.32. The van der Waals surface area contributed by atoms with Crippen LogP contribution in [0, 0.1) is 5.92 Å². The number of carbonyl (C=O) groups is 2. The van der Waals surface area contributed by atoms with Gasteiger partial charge in [0.05, 0.1) is 0 Å². The molecule has 1 aromatic heterocycles. The molecule has 0 aliphatic carbocycles. The molecular weight excluding hydrogens is 382 g/mol. The molecule has 2 aromatic rings. The summed E-state index contributed by atoms with van der Waals surface area (Å²) < 4.78 is 0.739. The van der Waals surface area contributed by atoms with E-state index in [2.05, 4.69) is 25.7 Å². The van der Waals surface area contributed by atoms with Gasteiger partial charge in [0.1, 0.15) is 0 Å². The molecule has 142 valence electrons. The van der Waals surface area contributed by atoms with Crippen LogP contribution in [0.4, 0.5) is 5.13 Å². The average molecular weight is 404 g/mol. The van der Waals surface area contributed by atoms with Crippen molar-refractivity contribution in [3.05, 3.63) is 29.8 Å². The van der Waals surface area contributed by atoms with E-state index in [1.807, 2.05) is 24.3 Å². The molecule has 3 aliphatic rings. The molecule has 2 amide bonds. The molecule has 5 rings (SSSR count). The Morgan fingerprint density at radius 3 is 2.56 bits per heavy atom. The smallest absolute Gasteiger partial charge is 0.251 e. The minimum atomic E-state index is -0.166. The highest BCUT2D eigenvalue weighted by atomic mass is 32.2. The third kappa shape index (κ3) is 4.48. The van der Waals surface area contributed by atoms with Crippen molar-refractivity contribution < 1.29 is 9.59 Å². The molecule has 2 N–H and O–H groups in total. The zero-order chi connectivity index (χ0) is 18.8. The number of aromatic nitrogens is 2. The molecule has 27 heavy (non-hydrogen) atoms. The van der Waals surface area contributed by atoms with Crippen molar-refractivity contribution in [2.24, 2.45) is 5.92 Å². The molecule has 4 heterocycles. The van der Waals surface area contributed by atoms with Gasteiger partial charge in [-0.05, 0) is 56.1 Å². The highest BCUT2D eigenvalue weighted by Gasteiger charge is 2.34. The molecule has 0 radical (unpaired) electrons. The summed E-state index contributed by atoms with van der Waals surface area (Å²) in [5.41, 5.74) is 0.673. The van der Waals surface area contributed by atoms with Gasteiger partial charge in [0.2, 0.25) is 11.0 Å². The van der Waals surface area contributed by atoms with E-state index in [-0.39, 0.29) is 17.9 Å². The monoisotopic (exact) mass is 403 g/mol. The summed E-state index contributed by atoms with van der Waals surface area (Å²) in [7, 11) is 0. The highest BCUT2D eigenvalue weighted by molar-refractivity contribution is 8.01. The van der Waals surface area contributed by atoms with E-state index in [4.69, 9.17) is 0 Å². The van der Waals surface area contributed by atoms with Crippen LogP contribution in [0.1, 0.15) is 30.1 Å². The third-order valence-electron chi connectivity index (χ3n) is 4.98. The van der Waals surface area contributed by atoms with Gasteiger partial charge in [0.25, 0.3) is 5.91 Å². The maximum Gasteiger partial charge on any atom is 0.251 e. The Labute approximate surface area is 165 Å². The fourth-order valence-electron chi connectivity index (χ4n) is 3.61. The first-order valence-corrected chi connectivity index (χ1v) is 10.6. The van der Waals surface area contributed by atoms with Gasteiger partial charge < -0.3 is 15.5 Å². The van der Waals surface area contributed by atoms with Crippen LogP contribution in [0.15, 0.2) is 33.5 Å². The number of carbonyl (C=O) groups excluding carboxylic acids is 2. The number of anilines is 1. The standard InChI is InChI=1S/C18H21N5O2S2/c1-11(24)19-17-21-22-18(27-17)26-14-4-2-13(3-5-14)16(25)20-15-10-23-8-6-12(15)7-9-23/h2-5,12,15H,6-10H2,1H3,(H,20,25)(H,19,21,24)/t15-/m0/s1. The Balaban J connectivity index is 1.35. The second-order valence-electron chi connectivity index (χ2n) is 6.90. The number of benzene rings is 1. The number of hydrogen-bond acceptors (Lipinski definition) is 7. The molecule has 3 saturated heterocycles. The molecule has 9 heteroatoms. The van der Waals surface area contributed by atoms with E-state index >= 15 is 0 Å². The topological polar surface area (TPSA) is 87.2 Å². The Morgan fingerprint density at radius 1 is 1.19 bits per heavy atom. The summed E-state index contributed by atoms with van der Waals surface area (Å²) >= 11 is 2.78. The zero-order valence-corrected chi connectivity index (χ0v) is 16.6. The number of fused-ring (bicyclic) bond motifs is 3. The van der Waals surface area contributed by atoms with Crippen LogP contribution in [0.5, 0.6) is 0 Å². The fourth-order valence-corrected chi connectivity index (χ4v) is 5.38. The summed E-state index contributed by atoms with van der Waals surface area (Å²) in [6, 6.07) is 7.78. The van der Waals surface area contributed by atoms with Crippen molar-refractivity contribution >= 4 is 40.0 Å². The average Bonchev–Trinajstić information content (AvgIpc) is 3.09. The first-order valence-electron chi connectivity index (χ1n) is 8.99. The van der Waals surface area contributed by atoms with Crippen LogP contribution in [0.25, 0.3) is 0 Å². The zero-order valence-electron chi connectivity index (χ0n) is 15.0. The van der Waals surface area contributed by atoms with Crippen molar-refractivity contribution in [1.82, 2.24) is 20.4 Å². The van der Waals surface area contributed by atoms with Crippen LogP contribution in [0.3, 0.4) is 0 Å². The van der Waals surface area contributed by atoms with E-state index < -0.39 is 0 Å². The van der Waals surface area contributed by atoms with Crippen molar-refractivity contribution in [1.29, 1.82) is 0 Å². The Bertz CT molecular complexity index is 831. The number of hydrogen-bond donors (Lipinski definition) is 2. The molecule has 0 saturated carbocycles. The van der Waals surface area contributed by atoms with Crippen molar-refractivity contribution in [2.45, 2.75) is 35.0 Å². The first kappa shape index (κ1) is 18.4. The second-order valence-corrected chi connectivity index (χ2v) is 9.20. The lowest BCUT2D eigenvalue weighted by Gasteiger charge is -2.44. The molecular formula is C18H21N5O2S2. The van der Waals surface area contributed by atoms with Crippen molar-refractivity contribution in [3.8, 4) is 0 Å². The summed E-state index contributed by atoms with van der Waals surface area (Å²) in [4.78, 5) is 27.0. The molecule has 1 atom stereocenters.